The number of carbonyl (C=O) groups is 1. The Kier molecular flexibility index (Phi) is 4.57. The summed E-state index contributed by atoms with van der Waals surface area (Å²) in [6, 6.07) is 9.75. The van der Waals surface area contributed by atoms with Crippen LogP contribution in [0.4, 0.5) is 5.82 Å². The van der Waals surface area contributed by atoms with Gasteiger partial charge in [0, 0.05) is 6.42 Å². The first kappa shape index (κ1) is 14.3. The number of thiol groups is 1. The molecule has 6 heteroatoms. The van der Waals surface area contributed by atoms with Crippen molar-refractivity contribution >= 4 is 24.4 Å². The zero-order valence-electron chi connectivity index (χ0n) is 11.0. The number of esters is 1. The first-order valence-corrected chi connectivity index (χ1v) is 6.63. The van der Waals surface area contributed by atoms with Gasteiger partial charge in [0.2, 0.25) is 0 Å². The van der Waals surface area contributed by atoms with E-state index in [4.69, 9.17) is 10.5 Å². The number of rotatable bonds is 4. The van der Waals surface area contributed by atoms with Gasteiger partial charge >= 0.3 is 5.97 Å². The van der Waals surface area contributed by atoms with Gasteiger partial charge in [-0.25, -0.2) is 14.8 Å². The van der Waals surface area contributed by atoms with E-state index in [9.17, 15) is 4.79 Å². The van der Waals surface area contributed by atoms with Gasteiger partial charge in [0.25, 0.3) is 0 Å². The Morgan fingerprint density at radius 3 is 2.60 bits per heavy atom. The molecule has 0 aliphatic heterocycles. The third kappa shape index (κ3) is 3.27. The van der Waals surface area contributed by atoms with Crippen molar-refractivity contribution in [3.05, 3.63) is 47.3 Å². The summed E-state index contributed by atoms with van der Waals surface area (Å²) < 4.78 is 4.90. The van der Waals surface area contributed by atoms with Crippen molar-refractivity contribution in [1.82, 2.24) is 9.97 Å². The number of nitrogen functional groups attached to an aromatic ring is 1. The molecule has 2 rings (SSSR count). The lowest BCUT2D eigenvalue weighted by atomic mass is 10.1. The van der Waals surface area contributed by atoms with E-state index in [2.05, 4.69) is 22.6 Å². The number of ether oxygens (including phenoxy) is 1. The van der Waals surface area contributed by atoms with E-state index >= 15 is 0 Å². The molecule has 0 radical (unpaired) electrons. The highest BCUT2D eigenvalue weighted by Gasteiger charge is 2.18. The van der Waals surface area contributed by atoms with Crippen LogP contribution in [-0.2, 0) is 11.2 Å². The van der Waals surface area contributed by atoms with Crippen molar-refractivity contribution in [3.63, 3.8) is 0 Å². The summed E-state index contributed by atoms with van der Waals surface area (Å²) in [7, 11) is 0. The summed E-state index contributed by atoms with van der Waals surface area (Å²) in [4.78, 5) is 20.1. The molecule has 20 heavy (non-hydrogen) atoms. The van der Waals surface area contributed by atoms with Crippen LogP contribution in [0.25, 0.3) is 0 Å². The van der Waals surface area contributed by atoms with Gasteiger partial charge in [-0.1, -0.05) is 30.3 Å². The number of nitrogens with zero attached hydrogens (tertiary/aromatic N) is 2. The predicted octanol–water partition coefficient (Wildman–Crippen LogP) is 2.12. The summed E-state index contributed by atoms with van der Waals surface area (Å²) >= 11 is 4.20. The largest absolute Gasteiger partial charge is 0.462 e. The van der Waals surface area contributed by atoms with Gasteiger partial charge in [0.1, 0.15) is 22.2 Å². The van der Waals surface area contributed by atoms with Crippen LogP contribution in [0.5, 0.6) is 0 Å². The quantitative estimate of drug-likeness (QED) is 0.512. The molecule has 0 spiro atoms. The molecule has 104 valence electrons. The van der Waals surface area contributed by atoms with Crippen LogP contribution in [0.2, 0.25) is 0 Å². The second-order valence-corrected chi connectivity index (χ2v) is 4.53. The summed E-state index contributed by atoms with van der Waals surface area (Å²) in [5.41, 5.74) is 6.98. The average Bonchev–Trinajstić information content (AvgIpc) is 2.39. The molecular weight excluding hydrogens is 274 g/mol. The fourth-order valence-corrected chi connectivity index (χ4v) is 2.09. The number of nitrogens with two attached hydrogens (primary N) is 1. The van der Waals surface area contributed by atoms with Crippen LogP contribution < -0.4 is 5.73 Å². The number of benzene rings is 1. The van der Waals surface area contributed by atoms with Crippen molar-refractivity contribution < 1.29 is 9.53 Å². The second-order valence-electron chi connectivity index (χ2n) is 4.11. The minimum absolute atomic E-state index is 0.0920. The Bertz CT molecular complexity index is 594. The monoisotopic (exact) mass is 289 g/mol. The van der Waals surface area contributed by atoms with Crippen LogP contribution in [0.1, 0.15) is 28.7 Å². The lowest BCUT2D eigenvalue weighted by molar-refractivity contribution is 0.0522. The van der Waals surface area contributed by atoms with Gasteiger partial charge in [-0.15, -0.1) is 12.6 Å². The standard InChI is InChI=1S/C14H15N3O2S/c1-2-19-14(18)11-12(15)16-10(17-13(11)20)8-9-6-4-3-5-7-9/h3-7H,2,8H2,1H3,(H3,15,16,17,20). The van der Waals surface area contributed by atoms with Gasteiger partial charge in [-0.2, -0.15) is 0 Å². The zero-order valence-corrected chi connectivity index (χ0v) is 11.9. The van der Waals surface area contributed by atoms with Gasteiger partial charge in [-0.3, -0.25) is 0 Å². The SMILES string of the molecule is CCOC(=O)c1c(N)nc(Cc2ccccc2)nc1S. The minimum Gasteiger partial charge on any atom is -0.462 e. The molecule has 0 saturated carbocycles. The maximum absolute atomic E-state index is 11.7. The van der Waals surface area contributed by atoms with E-state index in [0.717, 1.165) is 5.56 Å². The minimum atomic E-state index is -0.554. The Balaban J connectivity index is 2.28. The lowest BCUT2D eigenvalue weighted by Crippen LogP contribution is -2.13. The third-order valence-corrected chi connectivity index (χ3v) is 2.97. The van der Waals surface area contributed by atoms with Crippen molar-refractivity contribution in [2.24, 2.45) is 0 Å². The maximum Gasteiger partial charge on any atom is 0.344 e. The van der Waals surface area contributed by atoms with E-state index in [-0.39, 0.29) is 23.0 Å². The summed E-state index contributed by atoms with van der Waals surface area (Å²) in [6.45, 7) is 1.98. The van der Waals surface area contributed by atoms with Crippen LogP contribution in [-0.4, -0.2) is 22.5 Å². The smallest absolute Gasteiger partial charge is 0.344 e. The van der Waals surface area contributed by atoms with Crippen molar-refractivity contribution in [2.75, 3.05) is 12.3 Å². The molecule has 2 aromatic rings. The van der Waals surface area contributed by atoms with Gasteiger partial charge in [-0.05, 0) is 12.5 Å². The molecule has 0 atom stereocenters. The van der Waals surface area contributed by atoms with Crippen LogP contribution >= 0.6 is 12.6 Å². The highest BCUT2D eigenvalue weighted by Crippen LogP contribution is 2.19. The fourth-order valence-electron chi connectivity index (χ4n) is 1.77. The first-order chi connectivity index (χ1) is 9.61. The molecule has 0 aliphatic carbocycles. The number of anilines is 1. The second kappa shape index (κ2) is 6.38. The molecule has 0 aliphatic rings. The third-order valence-electron chi connectivity index (χ3n) is 2.65. The Morgan fingerprint density at radius 1 is 1.30 bits per heavy atom. The van der Waals surface area contributed by atoms with E-state index in [1.165, 1.54) is 0 Å². The molecule has 0 saturated heterocycles. The van der Waals surface area contributed by atoms with E-state index in [0.29, 0.717) is 12.2 Å². The Morgan fingerprint density at radius 2 is 2.00 bits per heavy atom. The zero-order chi connectivity index (χ0) is 14.5. The number of hydrogen-bond acceptors (Lipinski definition) is 6. The van der Waals surface area contributed by atoms with Crippen LogP contribution in [0.3, 0.4) is 0 Å². The van der Waals surface area contributed by atoms with Gasteiger partial charge in [0.15, 0.2) is 0 Å². The highest BCUT2D eigenvalue weighted by molar-refractivity contribution is 7.80. The van der Waals surface area contributed by atoms with Gasteiger partial charge in [0.05, 0.1) is 6.61 Å². The summed E-state index contributed by atoms with van der Waals surface area (Å²) in [5, 5.41) is 0.238. The number of hydrogen-bond donors (Lipinski definition) is 2. The van der Waals surface area contributed by atoms with Crippen molar-refractivity contribution in [3.8, 4) is 0 Å². The molecule has 5 nitrogen and oxygen atoms in total. The van der Waals surface area contributed by atoms with E-state index < -0.39 is 5.97 Å². The molecule has 2 N–H and O–H groups in total. The van der Waals surface area contributed by atoms with E-state index in [1.807, 2.05) is 30.3 Å². The normalized spacial score (nSPS) is 10.3. The van der Waals surface area contributed by atoms with Crippen LogP contribution in [0.15, 0.2) is 35.4 Å². The summed E-state index contributed by atoms with van der Waals surface area (Å²) in [5.74, 6) is 0.0578. The topological polar surface area (TPSA) is 78.1 Å². The molecule has 0 fully saturated rings. The maximum atomic E-state index is 11.7. The number of carbonyl (C=O) groups excluding carboxylic acids is 1. The molecule has 0 amide bonds. The Labute approximate surface area is 122 Å². The molecule has 1 aromatic heterocycles. The number of aromatic nitrogens is 2. The lowest BCUT2D eigenvalue weighted by Gasteiger charge is -2.09. The molecule has 1 aromatic carbocycles. The highest BCUT2D eigenvalue weighted by atomic mass is 32.1. The average molecular weight is 289 g/mol. The summed E-state index contributed by atoms with van der Waals surface area (Å²) in [6.07, 6.45) is 0.529. The predicted molar refractivity (Wildman–Crippen MR) is 78.9 cm³/mol. The molecule has 1 heterocycles. The molecule has 0 bridgehead atoms. The Hall–Kier alpha value is -2.08. The van der Waals surface area contributed by atoms with E-state index in [1.54, 1.807) is 6.92 Å². The first-order valence-electron chi connectivity index (χ1n) is 6.18. The van der Waals surface area contributed by atoms with Gasteiger partial charge < -0.3 is 10.5 Å². The molecule has 0 unspecified atom stereocenters. The van der Waals surface area contributed by atoms with Crippen molar-refractivity contribution in [2.45, 2.75) is 18.4 Å². The van der Waals surface area contributed by atoms with Crippen molar-refractivity contribution in [1.29, 1.82) is 0 Å². The van der Waals surface area contributed by atoms with Crippen LogP contribution in [0, 0.1) is 0 Å². The fraction of sp³-hybridized carbons (Fsp3) is 0.214. The molecular formula is C14H15N3O2S.